The monoisotopic (exact) mass is 285 g/mol. The van der Waals surface area contributed by atoms with Gasteiger partial charge in [0.1, 0.15) is 12.0 Å². The first kappa shape index (κ1) is 18.3. The van der Waals surface area contributed by atoms with E-state index in [0.717, 1.165) is 0 Å². The number of nitrogens with zero attached hydrogens (tertiary/aromatic N) is 1. The van der Waals surface area contributed by atoms with E-state index < -0.39 is 29.9 Å². The Bertz CT molecular complexity index is 393. The van der Waals surface area contributed by atoms with Crippen LogP contribution in [0.15, 0.2) is 4.99 Å². The molecule has 0 fully saturated rings. The number of hydrogen-bond acceptors (Lipinski definition) is 5. The van der Waals surface area contributed by atoms with Gasteiger partial charge in [-0.2, -0.15) is 4.99 Å². The highest BCUT2D eigenvalue weighted by molar-refractivity contribution is 6.43. The van der Waals surface area contributed by atoms with Crippen LogP contribution < -0.4 is 0 Å². The van der Waals surface area contributed by atoms with Crippen LogP contribution in [0.5, 0.6) is 0 Å². The molecule has 0 aliphatic heterocycles. The fourth-order valence-electron chi connectivity index (χ4n) is 1.33. The molecule has 0 saturated carbocycles. The number of Topliss-reactive ketones (excluding diaryl/α,β-unsaturated/α-hetero) is 1. The Morgan fingerprint density at radius 3 is 2.15 bits per heavy atom. The summed E-state index contributed by atoms with van der Waals surface area (Å²) in [7, 11) is 0. The van der Waals surface area contributed by atoms with Crippen molar-refractivity contribution in [2.75, 3.05) is 6.61 Å². The zero-order valence-corrected chi connectivity index (χ0v) is 12.8. The van der Waals surface area contributed by atoms with Gasteiger partial charge in [-0.1, -0.05) is 13.3 Å². The Hall–Kier alpha value is -1.72. The summed E-state index contributed by atoms with van der Waals surface area (Å²) >= 11 is 0. The molecule has 0 aromatic heterocycles. The number of ether oxygens (including phenoxy) is 2. The summed E-state index contributed by atoms with van der Waals surface area (Å²) in [6.07, 6.45) is -0.276. The molecule has 0 aromatic carbocycles. The minimum atomic E-state index is -0.821. The zero-order valence-electron chi connectivity index (χ0n) is 12.8. The molecule has 0 N–H and O–H groups in total. The minimum Gasteiger partial charge on any atom is -0.466 e. The van der Waals surface area contributed by atoms with Gasteiger partial charge in [-0.3, -0.25) is 9.59 Å². The second-order valence-electron chi connectivity index (χ2n) is 5.19. The molecule has 6 heteroatoms. The van der Waals surface area contributed by atoms with E-state index in [4.69, 9.17) is 9.47 Å². The highest BCUT2D eigenvalue weighted by Gasteiger charge is 2.20. The van der Waals surface area contributed by atoms with E-state index in [-0.39, 0.29) is 12.3 Å². The smallest absolute Gasteiger partial charge is 0.434 e. The van der Waals surface area contributed by atoms with E-state index in [9.17, 15) is 14.4 Å². The third-order valence-electron chi connectivity index (χ3n) is 2.04. The van der Waals surface area contributed by atoms with Crippen molar-refractivity contribution in [2.24, 2.45) is 4.99 Å². The Balaban J connectivity index is 4.81. The largest absolute Gasteiger partial charge is 0.466 e. The van der Waals surface area contributed by atoms with Gasteiger partial charge in [-0.05, 0) is 34.1 Å². The molecular weight excluding hydrogens is 262 g/mol. The van der Waals surface area contributed by atoms with Gasteiger partial charge in [0.25, 0.3) is 0 Å². The SMILES string of the molecule is CCCC(=NC(=O)OC(C)(C)C)C(=O)CC(=O)OCC. The fourth-order valence-corrected chi connectivity index (χ4v) is 1.33. The van der Waals surface area contributed by atoms with Crippen molar-refractivity contribution >= 4 is 23.6 Å². The van der Waals surface area contributed by atoms with Crippen LogP contribution in [0.4, 0.5) is 4.79 Å². The van der Waals surface area contributed by atoms with Crippen LogP contribution in [0.1, 0.15) is 53.9 Å². The summed E-state index contributed by atoms with van der Waals surface area (Å²) in [4.78, 5) is 38.4. The van der Waals surface area contributed by atoms with Crippen LogP contribution in [0, 0.1) is 0 Å². The Labute approximate surface area is 119 Å². The van der Waals surface area contributed by atoms with Crippen molar-refractivity contribution in [3.8, 4) is 0 Å². The fraction of sp³-hybridized carbons (Fsp3) is 0.714. The molecule has 0 spiro atoms. The lowest BCUT2D eigenvalue weighted by molar-refractivity contribution is -0.144. The van der Waals surface area contributed by atoms with Gasteiger partial charge in [0.2, 0.25) is 0 Å². The van der Waals surface area contributed by atoms with E-state index in [1.54, 1.807) is 27.7 Å². The predicted octanol–water partition coefficient (Wildman–Crippen LogP) is 2.68. The molecule has 6 nitrogen and oxygen atoms in total. The summed E-state index contributed by atoms with van der Waals surface area (Å²) in [6.45, 7) is 8.84. The second-order valence-corrected chi connectivity index (χ2v) is 5.19. The number of rotatable bonds is 6. The number of aliphatic imine (C=N–C) groups is 1. The van der Waals surface area contributed by atoms with Crippen LogP contribution in [0.3, 0.4) is 0 Å². The first-order chi connectivity index (χ1) is 9.19. The topological polar surface area (TPSA) is 82.0 Å². The summed E-state index contributed by atoms with van der Waals surface area (Å²) in [6, 6.07) is 0. The Kier molecular flexibility index (Phi) is 7.72. The molecule has 20 heavy (non-hydrogen) atoms. The quantitative estimate of drug-likeness (QED) is 0.425. The molecule has 0 aliphatic rings. The second kappa shape index (κ2) is 8.45. The van der Waals surface area contributed by atoms with Gasteiger partial charge in [0, 0.05) is 0 Å². The lowest BCUT2D eigenvalue weighted by atomic mass is 10.1. The maximum atomic E-state index is 11.9. The summed E-state index contributed by atoms with van der Waals surface area (Å²) < 4.78 is 9.72. The molecule has 1 amide bonds. The maximum absolute atomic E-state index is 11.9. The zero-order chi connectivity index (χ0) is 15.8. The predicted molar refractivity (Wildman–Crippen MR) is 74.8 cm³/mol. The van der Waals surface area contributed by atoms with Crippen LogP contribution in [0.25, 0.3) is 0 Å². The van der Waals surface area contributed by atoms with Crippen molar-refractivity contribution in [1.29, 1.82) is 0 Å². The van der Waals surface area contributed by atoms with Crippen molar-refractivity contribution in [1.82, 2.24) is 0 Å². The van der Waals surface area contributed by atoms with E-state index in [2.05, 4.69) is 4.99 Å². The summed E-state index contributed by atoms with van der Waals surface area (Å²) in [5, 5.41) is 0. The Morgan fingerprint density at radius 2 is 1.70 bits per heavy atom. The van der Waals surface area contributed by atoms with E-state index in [1.165, 1.54) is 0 Å². The highest BCUT2D eigenvalue weighted by atomic mass is 16.6. The van der Waals surface area contributed by atoms with Crippen LogP contribution >= 0.6 is 0 Å². The number of amides is 1. The van der Waals surface area contributed by atoms with Crippen molar-refractivity contribution in [3.05, 3.63) is 0 Å². The molecule has 0 rings (SSSR count). The lowest BCUT2D eigenvalue weighted by Gasteiger charge is -2.17. The normalized spacial score (nSPS) is 11.9. The molecule has 0 radical (unpaired) electrons. The molecule has 114 valence electrons. The molecule has 0 heterocycles. The number of carbonyl (C=O) groups excluding carboxylic acids is 3. The van der Waals surface area contributed by atoms with Crippen LogP contribution in [0.2, 0.25) is 0 Å². The third-order valence-corrected chi connectivity index (χ3v) is 2.04. The van der Waals surface area contributed by atoms with Gasteiger partial charge in [0.05, 0.1) is 12.3 Å². The van der Waals surface area contributed by atoms with Gasteiger partial charge in [-0.15, -0.1) is 0 Å². The molecule has 0 aromatic rings. The minimum absolute atomic E-state index is 0.0507. The maximum Gasteiger partial charge on any atom is 0.434 e. The van der Waals surface area contributed by atoms with Gasteiger partial charge in [-0.25, -0.2) is 4.79 Å². The molecular formula is C14H23NO5. The van der Waals surface area contributed by atoms with Gasteiger partial charge < -0.3 is 9.47 Å². The highest BCUT2D eigenvalue weighted by Crippen LogP contribution is 2.09. The van der Waals surface area contributed by atoms with E-state index in [1.807, 2.05) is 6.92 Å². The average molecular weight is 285 g/mol. The number of esters is 1. The number of carbonyl (C=O) groups is 3. The molecule has 0 saturated heterocycles. The molecule has 0 unspecified atom stereocenters. The average Bonchev–Trinajstić information content (AvgIpc) is 2.25. The van der Waals surface area contributed by atoms with Crippen molar-refractivity contribution < 1.29 is 23.9 Å². The molecule has 0 bridgehead atoms. The summed E-state index contributed by atoms with van der Waals surface area (Å²) in [5.41, 5.74) is -0.628. The number of hydrogen-bond donors (Lipinski definition) is 0. The Morgan fingerprint density at radius 1 is 1.10 bits per heavy atom. The van der Waals surface area contributed by atoms with Crippen molar-refractivity contribution in [2.45, 2.75) is 59.5 Å². The van der Waals surface area contributed by atoms with E-state index >= 15 is 0 Å². The third kappa shape index (κ3) is 8.39. The first-order valence-electron chi connectivity index (χ1n) is 6.69. The first-order valence-corrected chi connectivity index (χ1v) is 6.69. The standard InChI is InChI=1S/C14H23NO5/c1-6-8-10(11(16)9-12(17)19-7-2)15-13(18)20-14(3,4)5/h6-9H2,1-5H3. The van der Waals surface area contributed by atoms with Crippen LogP contribution in [-0.2, 0) is 19.1 Å². The van der Waals surface area contributed by atoms with Crippen LogP contribution in [-0.4, -0.2) is 35.8 Å². The summed E-state index contributed by atoms with van der Waals surface area (Å²) in [5.74, 6) is -1.12. The van der Waals surface area contributed by atoms with E-state index in [0.29, 0.717) is 12.8 Å². The number of ketones is 1. The molecule has 0 aliphatic carbocycles. The van der Waals surface area contributed by atoms with Crippen molar-refractivity contribution in [3.63, 3.8) is 0 Å². The van der Waals surface area contributed by atoms with Gasteiger partial charge >= 0.3 is 12.1 Å². The molecule has 0 atom stereocenters. The van der Waals surface area contributed by atoms with Gasteiger partial charge in [0.15, 0.2) is 5.78 Å². The lowest BCUT2D eigenvalue weighted by Crippen LogP contribution is -2.25.